The van der Waals surface area contributed by atoms with Crippen LogP contribution in [0.15, 0.2) is 24.3 Å². The van der Waals surface area contributed by atoms with Crippen LogP contribution in [0, 0.1) is 5.92 Å². The number of hydrogen-bond acceptors (Lipinski definition) is 3. The van der Waals surface area contributed by atoms with Gasteiger partial charge in [-0.15, -0.1) is 0 Å². The van der Waals surface area contributed by atoms with Crippen LogP contribution in [-0.2, 0) is 9.59 Å². The fourth-order valence-corrected chi connectivity index (χ4v) is 1.29. The first-order chi connectivity index (χ1) is 8.49. The lowest BCUT2D eigenvalue weighted by atomic mass is 10.2. The lowest BCUT2D eigenvalue weighted by molar-refractivity contribution is -0.141. The molecule has 1 aromatic rings. The van der Waals surface area contributed by atoms with Gasteiger partial charge < -0.3 is 15.2 Å². The Morgan fingerprint density at radius 2 is 2.22 bits per heavy atom. The predicted octanol–water partition coefficient (Wildman–Crippen LogP) is 1.56. The van der Waals surface area contributed by atoms with Gasteiger partial charge in [-0.2, -0.15) is 0 Å². The highest BCUT2D eigenvalue weighted by Gasteiger charge is 2.12. The average Bonchev–Trinajstić information content (AvgIpc) is 2.33. The third-order valence-electron chi connectivity index (χ3n) is 2.19. The van der Waals surface area contributed by atoms with Crippen molar-refractivity contribution in [3.05, 3.63) is 29.3 Å². The lowest BCUT2D eigenvalue weighted by Gasteiger charge is -2.09. The van der Waals surface area contributed by atoms with E-state index >= 15 is 0 Å². The summed E-state index contributed by atoms with van der Waals surface area (Å²) in [6.45, 7) is 1.42. The Balaban J connectivity index is 2.31. The molecule has 0 aliphatic rings. The van der Waals surface area contributed by atoms with Gasteiger partial charge in [-0.3, -0.25) is 9.59 Å². The largest absolute Gasteiger partial charge is 0.484 e. The molecule has 0 aliphatic heterocycles. The molecule has 0 saturated heterocycles. The number of carboxylic acids is 1. The molecule has 0 saturated carbocycles. The van der Waals surface area contributed by atoms with Crippen LogP contribution in [0.5, 0.6) is 5.75 Å². The van der Waals surface area contributed by atoms with Gasteiger partial charge in [0, 0.05) is 11.6 Å². The number of nitrogens with one attached hydrogen (secondary N) is 1. The van der Waals surface area contributed by atoms with E-state index in [4.69, 9.17) is 21.4 Å². The molecule has 0 aliphatic carbocycles. The predicted molar refractivity (Wildman–Crippen MR) is 66.8 cm³/mol. The molecule has 98 valence electrons. The van der Waals surface area contributed by atoms with Crippen molar-refractivity contribution in [1.82, 2.24) is 5.32 Å². The summed E-state index contributed by atoms with van der Waals surface area (Å²) in [4.78, 5) is 21.9. The van der Waals surface area contributed by atoms with Gasteiger partial charge in [-0.25, -0.2) is 0 Å². The zero-order valence-electron chi connectivity index (χ0n) is 9.85. The molecule has 0 fully saturated rings. The van der Waals surface area contributed by atoms with E-state index in [2.05, 4.69) is 5.32 Å². The summed E-state index contributed by atoms with van der Waals surface area (Å²) in [6, 6.07) is 6.68. The van der Waals surface area contributed by atoms with Crippen LogP contribution in [0.3, 0.4) is 0 Å². The van der Waals surface area contributed by atoms with Crippen molar-refractivity contribution in [2.24, 2.45) is 5.92 Å². The van der Waals surface area contributed by atoms with Crippen molar-refractivity contribution in [1.29, 1.82) is 0 Å². The fourth-order valence-electron chi connectivity index (χ4n) is 1.11. The van der Waals surface area contributed by atoms with Crippen LogP contribution < -0.4 is 10.1 Å². The number of aliphatic carboxylic acids is 1. The molecule has 0 spiro atoms. The van der Waals surface area contributed by atoms with Gasteiger partial charge in [-0.1, -0.05) is 24.6 Å². The van der Waals surface area contributed by atoms with Gasteiger partial charge in [0.2, 0.25) is 0 Å². The number of halogens is 1. The molecule has 5 nitrogen and oxygen atoms in total. The minimum absolute atomic E-state index is 0.0765. The number of rotatable bonds is 6. The SMILES string of the molecule is CC(CNC(=O)COc1cccc(Cl)c1)C(=O)O. The molecular formula is C12H14ClNO4. The highest BCUT2D eigenvalue weighted by Crippen LogP contribution is 2.16. The Morgan fingerprint density at radius 3 is 2.83 bits per heavy atom. The molecule has 1 rings (SSSR count). The third-order valence-corrected chi connectivity index (χ3v) is 2.43. The second kappa shape index (κ2) is 6.86. The van der Waals surface area contributed by atoms with Crippen LogP contribution >= 0.6 is 11.6 Å². The van der Waals surface area contributed by atoms with Crippen molar-refractivity contribution >= 4 is 23.5 Å². The van der Waals surface area contributed by atoms with Crippen molar-refractivity contribution in [3.63, 3.8) is 0 Å². The van der Waals surface area contributed by atoms with Crippen LogP contribution in [0.4, 0.5) is 0 Å². The Morgan fingerprint density at radius 1 is 1.50 bits per heavy atom. The smallest absolute Gasteiger partial charge is 0.308 e. The van der Waals surface area contributed by atoms with E-state index in [9.17, 15) is 9.59 Å². The first-order valence-corrected chi connectivity index (χ1v) is 5.74. The first kappa shape index (κ1) is 14.3. The summed E-state index contributed by atoms with van der Waals surface area (Å²) >= 11 is 5.75. The van der Waals surface area contributed by atoms with Crippen LogP contribution in [0.2, 0.25) is 5.02 Å². The highest BCUT2D eigenvalue weighted by molar-refractivity contribution is 6.30. The summed E-state index contributed by atoms with van der Waals surface area (Å²) in [7, 11) is 0. The first-order valence-electron chi connectivity index (χ1n) is 5.37. The quantitative estimate of drug-likeness (QED) is 0.823. The number of benzene rings is 1. The molecule has 1 atom stereocenters. The maximum absolute atomic E-state index is 11.4. The molecular weight excluding hydrogens is 258 g/mol. The Bertz CT molecular complexity index is 436. The molecule has 0 heterocycles. The zero-order valence-corrected chi connectivity index (χ0v) is 10.6. The minimum atomic E-state index is -0.953. The van der Waals surface area contributed by atoms with E-state index < -0.39 is 11.9 Å². The topological polar surface area (TPSA) is 75.6 Å². The summed E-state index contributed by atoms with van der Waals surface area (Å²) in [6.07, 6.45) is 0. The van der Waals surface area contributed by atoms with Crippen molar-refractivity contribution in [3.8, 4) is 5.75 Å². The summed E-state index contributed by atoms with van der Waals surface area (Å²) < 4.78 is 5.20. The third kappa shape index (κ3) is 5.05. The Kier molecular flexibility index (Phi) is 5.45. The van der Waals surface area contributed by atoms with Crippen LogP contribution in [0.25, 0.3) is 0 Å². The molecule has 1 aromatic carbocycles. The molecule has 0 aromatic heterocycles. The molecule has 6 heteroatoms. The number of amides is 1. The standard InChI is InChI=1S/C12H14ClNO4/c1-8(12(16)17)6-14-11(15)7-18-10-4-2-3-9(13)5-10/h2-5,8H,6-7H2,1H3,(H,14,15)(H,16,17). The van der Waals surface area contributed by atoms with Gasteiger partial charge in [-0.05, 0) is 18.2 Å². The minimum Gasteiger partial charge on any atom is -0.484 e. The van der Waals surface area contributed by atoms with Gasteiger partial charge in [0.1, 0.15) is 5.75 Å². The monoisotopic (exact) mass is 271 g/mol. The normalized spacial score (nSPS) is 11.7. The van der Waals surface area contributed by atoms with Crippen molar-refractivity contribution in [2.45, 2.75) is 6.92 Å². The number of ether oxygens (including phenoxy) is 1. The van der Waals surface area contributed by atoms with Gasteiger partial charge in [0.05, 0.1) is 5.92 Å². The second-order valence-corrected chi connectivity index (χ2v) is 4.23. The van der Waals surface area contributed by atoms with E-state index in [1.54, 1.807) is 24.3 Å². The number of carbonyl (C=O) groups excluding carboxylic acids is 1. The van der Waals surface area contributed by atoms with E-state index in [0.717, 1.165) is 0 Å². The van der Waals surface area contributed by atoms with Gasteiger partial charge >= 0.3 is 5.97 Å². The van der Waals surface area contributed by atoms with E-state index in [1.807, 2.05) is 0 Å². The number of carboxylic acid groups (broad SMARTS) is 1. The van der Waals surface area contributed by atoms with Crippen LogP contribution in [-0.4, -0.2) is 30.1 Å². The molecule has 2 N–H and O–H groups in total. The second-order valence-electron chi connectivity index (χ2n) is 3.79. The summed E-state index contributed by atoms with van der Waals surface area (Å²) in [5.41, 5.74) is 0. The number of carbonyl (C=O) groups is 2. The molecule has 18 heavy (non-hydrogen) atoms. The van der Waals surface area contributed by atoms with Gasteiger partial charge in [0.15, 0.2) is 6.61 Å². The zero-order chi connectivity index (χ0) is 13.5. The van der Waals surface area contributed by atoms with Crippen molar-refractivity contribution < 1.29 is 19.4 Å². The van der Waals surface area contributed by atoms with Gasteiger partial charge in [0.25, 0.3) is 5.91 Å². The molecule has 0 radical (unpaired) electrons. The molecule has 1 amide bonds. The highest BCUT2D eigenvalue weighted by atomic mass is 35.5. The molecule has 1 unspecified atom stereocenters. The van der Waals surface area contributed by atoms with E-state index in [1.165, 1.54) is 6.92 Å². The number of hydrogen-bond donors (Lipinski definition) is 2. The van der Waals surface area contributed by atoms with E-state index in [0.29, 0.717) is 10.8 Å². The Hall–Kier alpha value is -1.75. The Labute approximate surface area is 110 Å². The lowest BCUT2D eigenvalue weighted by Crippen LogP contribution is -2.34. The maximum Gasteiger partial charge on any atom is 0.308 e. The average molecular weight is 272 g/mol. The summed E-state index contributed by atoms with van der Waals surface area (Å²) in [5.74, 6) is -1.46. The summed E-state index contributed by atoms with van der Waals surface area (Å²) in [5, 5.41) is 11.6. The van der Waals surface area contributed by atoms with E-state index in [-0.39, 0.29) is 19.1 Å². The van der Waals surface area contributed by atoms with Crippen LogP contribution in [0.1, 0.15) is 6.92 Å². The molecule has 0 bridgehead atoms. The maximum atomic E-state index is 11.4. The van der Waals surface area contributed by atoms with Crippen molar-refractivity contribution in [2.75, 3.05) is 13.2 Å². The fraction of sp³-hybridized carbons (Fsp3) is 0.333.